The van der Waals surface area contributed by atoms with Gasteiger partial charge in [0, 0.05) is 17.8 Å². The first-order valence-corrected chi connectivity index (χ1v) is 7.07. The van der Waals surface area contributed by atoms with Gasteiger partial charge in [-0.3, -0.25) is 14.5 Å². The summed E-state index contributed by atoms with van der Waals surface area (Å²) in [6, 6.07) is 12.6. The maximum Gasteiger partial charge on any atom is 0.248 e. The summed E-state index contributed by atoms with van der Waals surface area (Å²) >= 11 is 0. The number of hydrogen-bond donors (Lipinski definition) is 2. The molecule has 0 saturated heterocycles. The van der Waals surface area contributed by atoms with Gasteiger partial charge in [0.1, 0.15) is 5.82 Å². The van der Waals surface area contributed by atoms with E-state index in [2.05, 4.69) is 5.32 Å². The highest BCUT2D eigenvalue weighted by atomic mass is 19.1. The minimum Gasteiger partial charge on any atom is -0.366 e. The molecule has 2 rings (SSSR count). The number of anilines is 1. The number of nitrogens with one attached hydrogen (secondary N) is 1. The van der Waals surface area contributed by atoms with Gasteiger partial charge in [-0.05, 0) is 49.0 Å². The number of hydrogen-bond acceptors (Lipinski definition) is 3. The highest BCUT2D eigenvalue weighted by molar-refractivity contribution is 5.95. The van der Waals surface area contributed by atoms with Gasteiger partial charge in [0.25, 0.3) is 0 Å². The lowest BCUT2D eigenvalue weighted by Gasteiger charge is -2.16. The van der Waals surface area contributed by atoms with E-state index in [0.29, 0.717) is 17.8 Å². The summed E-state index contributed by atoms with van der Waals surface area (Å²) in [5.74, 6) is -1.01. The van der Waals surface area contributed by atoms with E-state index < -0.39 is 5.91 Å². The van der Waals surface area contributed by atoms with Crippen molar-refractivity contribution in [2.45, 2.75) is 6.54 Å². The van der Waals surface area contributed by atoms with Gasteiger partial charge in [-0.1, -0.05) is 12.1 Å². The predicted molar refractivity (Wildman–Crippen MR) is 86.3 cm³/mol. The van der Waals surface area contributed by atoms with Gasteiger partial charge in [0.2, 0.25) is 11.8 Å². The average Bonchev–Trinajstić information content (AvgIpc) is 2.47. The summed E-state index contributed by atoms with van der Waals surface area (Å²) in [5, 5.41) is 2.73. The largest absolute Gasteiger partial charge is 0.366 e. The lowest BCUT2D eigenvalue weighted by Crippen LogP contribution is -2.29. The summed E-state index contributed by atoms with van der Waals surface area (Å²) < 4.78 is 13.1. The summed E-state index contributed by atoms with van der Waals surface area (Å²) in [5.41, 5.74) is 6.92. The molecule has 0 aromatic heterocycles. The molecule has 0 aliphatic heterocycles. The molecule has 0 saturated carbocycles. The highest BCUT2D eigenvalue weighted by Gasteiger charge is 2.08. The number of benzene rings is 2. The number of likely N-dealkylation sites (N-methyl/N-ethyl adjacent to an activating group) is 1. The number of primary amides is 1. The molecule has 3 N–H and O–H groups in total. The normalized spacial score (nSPS) is 10.6. The molecule has 0 aliphatic rings. The Bertz CT molecular complexity index is 701. The summed E-state index contributed by atoms with van der Waals surface area (Å²) in [6.07, 6.45) is 0. The van der Waals surface area contributed by atoms with Crippen LogP contribution in [0.5, 0.6) is 0 Å². The first-order chi connectivity index (χ1) is 10.9. The lowest BCUT2D eigenvalue weighted by atomic mass is 10.2. The third-order valence-electron chi connectivity index (χ3n) is 3.21. The van der Waals surface area contributed by atoms with Crippen LogP contribution >= 0.6 is 0 Å². The molecule has 0 aliphatic carbocycles. The summed E-state index contributed by atoms with van der Waals surface area (Å²) in [7, 11) is 1.78. The van der Waals surface area contributed by atoms with Gasteiger partial charge in [-0.2, -0.15) is 0 Å². The van der Waals surface area contributed by atoms with Crippen LogP contribution in [0.4, 0.5) is 10.1 Å². The zero-order chi connectivity index (χ0) is 16.8. The monoisotopic (exact) mass is 315 g/mol. The van der Waals surface area contributed by atoms with Crippen molar-refractivity contribution in [2.75, 3.05) is 18.9 Å². The van der Waals surface area contributed by atoms with Crippen molar-refractivity contribution in [2.24, 2.45) is 5.73 Å². The molecule has 5 nitrogen and oxygen atoms in total. The number of nitrogens with two attached hydrogens (primary N) is 1. The number of halogens is 1. The third kappa shape index (κ3) is 5.19. The molecule has 0 heterocycles. The van der Waals surface area contributed by atoms with E-state index >= 15 is 0 Å². The second-order valence-electron chi connectivity index (χ2n) is 5.29. The molecular weight excluding hydrogens is 297 g/mol. The van der Waals surface area contributed by atoms with Gasteiger partial charge < -0.3 is 11.1 Å². The van der Waals surface area contributed by atoms with Gasteiger partial charge in [-0.25, -0.2) is 4.39 Å². The molecule has 2 amide bonds. The topological polar surface area (TPSA) is 75.4 Å². The van der Waals surface area contributed by atoms with Crippen LogP contribution in [0.2, 0.25) is 0 Å². The molecular formula is C17H18FN3O2. The second kappa shape index (κ2) is 7.51. The van der Waals surface area contributed by atoms with Crippen molar-refractivity contribution in [3.05, 3.63) is 65.5 Å². The minimum absolute atomic E-state index is 0.161. The Kier molecular flexibility index (Phi) is 5.43. The first kappa shape index (κ1) is 16.6. The van der Waals surface area contributed by atoms with Crippen molar-refractivity contribution in [3.63, 3.8) is 0 Å². The highest BCUT2D eigenvalue weighted by Crippen LogP contribution is 2.10. The zero-order valence-electron chi connectivity index (χ0n) is 12.8. The zero-order valence-corrected chi connectivity index (χ0v) is 12.8. The Morgan fingerprint density at radius 3 is 2.48 bits per heavy atom. The van der Waals surface area contributed by atoms with Crippen LogP contribution in [0.3, 0.4) is 0 Å². The molecule has 0 radical (unpaired) electrons. The molecule has 6 heteroatoms. The van der Waals surface area contributed by atoms with E-state index in [4.69, 9.17) is 5.73 Å². The summed E-state index contributed by atoms with van der Waals surface area (Å²) in [4.78, 5) is 24.7. The molecule has 120 valence electrons. The number of nitrogens with zero attached hydrogens (tertiary/aromatic N) is 1. The van der Waals surface area contributed by atoms with Crippen LogP contribution in [0.15, 0.2) is 48.5 Å². The van der Waals surface area contributed by atoms with Crippen LogP contribution in [-0.2, 0) is 11.3 Å². The van der Waals surface area contributed by atoms with Crippen LogP contribution in [0, 0.1) is 5.82 Å². The fourth-order valence-electron chi connectivity index (χ4n) is 2.17. The maximum atomic E-state index is 13.1. The van der Waals surface area contributed by atoms with Gasteiger partial charge in [-0.15, -0.1) is 0 Å². The van der Waals surface area contributed by atoms with Crippen molar-refractivity contribution in [3.8, 4) is 0 Å². The van der Waals surface area contributed by atoms with Crippen LogP contribution in [0.25, 0.3) is 0 Å². The van der Waals surface area contributed by atoms with E-state index in [9.17, 15) is 14.0 Å². The number of carbonyl (C=O) groups is 2. The quantitative estimate of drug-likeness (QED) is 0.856. The number of carbonyl (C=O) groups excluding carboxylic acids is 2. The van der Waals surface area contributed by atoms with Gasteiger partial charge >= 0.3 is 0 Å². The van der Waals surface area contributed by atoms with E-state index in [1.807, 2.05) is 0 Å². The SMILES string of the molecule is CN(CC(=O)Nc1ccc(C(N)=O)cc1)Cc1cccc(F)c1. The Balaban J connectivity index is 1.87. The second-order valence-corrected chi connectivity index (χ2v) is 5.29. The fourth-order valence-corrected chi connectivity index (χ4v) is 2.17. The van der Waals surface area contributed by atoms with Crippen molar-refractivity contribution < 1.29 is 14.0 Å². The van der Waals surface area contributed by atoms with E-state index in [1.54, 1.807) is 48.3 Å². The van der Waals surface area contributed by atoms with Crippen molar-refractivity contribution in [1.29, 1.82) is 0 Å². The molecule has 0 bridgehead atoms. The van der Waals surface area contributed by atoms with Crippen LogP contribution in [-0.4, -0.2) is 30.3 Å². The van der Waals surface area contributed by atoms with Gasteiger partial charge in [0.05, 0.1) is 6.54 Å². The minimum atomic E-state index is -0.516. The molecule has 23 heavy (non-hydrogen) atoms. The molecule has 2 aromatic rings. The van der Waals surface area contributed by atoms with Crippen LogP contribution < -0.4 is 11.1 Å². The summed E-state index contributed by atoms with van der Waals surface area (Å²) in [6.45, 7) is 0.625. The maximum absolute atomic E-state index is 13.1. The molecule has 0 fully saturated rings. The third-order valence-corrected chi connectivity index (χ3v) is 3.21. The standard InChI is InChI=1S/C17H18FN3O2/c1-21(10-12-3-2-4-14(18)9-12)11-16(22)20-15-7-5-13(6-8-15)17(19)23/h2-9H,10-11H2,1H3,(H2,19,23)(H,20,22). The molecule has 0 atom stereocenters. The average molecular weight is 315 g/mol. The van der Waals surface area contributed by atoms with E-state index in [1.165, 1.54) is 12.1 Å². The Hall–Kier alpha value is -2.73. The first-order valence-electron chi connectivity index (χ1n) is 7.07. The fraction of sp³-hybridized carbons (Fsp3) is 0.176. The molecule has 2 aromatic carbocycles. The van der Waals surface area contributed by atoms with Crippen LogP contribution in [0.1, 0.15) is 15.9 Å². The Labute approximate surface area is 133 Å². The van der Waals surface area contributed by atoms with Gasteiger partial charge in [0.15, 0.2) is 0 Å². The van der Waals surface area contributed by atoms with E-state index in [0.717, 1.165) is 5.56 Å². The predicted octanol–water partition coefficient (Wildman–Crippen LogP) is 2.00. The van der Waals surface area contributed by atoms with Crippen molar-refractivity contribution >= 4 is 17.5 Å². The molecule has 0 unspecified atom stereocenters. The smallest absolute Gasteiger partial charge is 0.248 e. The number of rotatable bonds is 6. The number of amides is 2. The Morgan fingerprint density at radius 2 is 1.87 bits per heavy atom. The lowest BCUT2D eigenvalue weighted by molar-refractivity contribution is -0.117. The Morgan fingerprint density at radius 1 is 1.17 bits per heavy atom. The van der Waals surface area contributed by atoms with Crippen molar-refractivity contribution in [1.82, 2.24) is 4.90 Å². The molecule has 0 spiro atoms. The van der Waals surface area contributed by atoms with E-state index in [-0.39, 0.29) is 18.3 Å².